The highest BCUT2D eigenvalue weighted by atomic mass is 35.5. The van der Waals surface area contributed by atoms with Crippen molar-refractivity contribution in [1.82, 2.24) is 10.2 Å². The smallest absolute Gasteiger partial charge is 0.407 e. The highest BCUT2D eigenvalue weighted by molar-refractivity contribution is 6.30. The van der Waals surface area contributed by atoms with Gasteiger partial charge < -0.3 is 20.1 Å². The number of carboxylic acid groups (broad SMARTS) is 1. The minimum absolute atomic E-state index is 0.0779. The van der Waals surface area contributed by atoms with Crippen LogP contribution in [0.25, 0.3) is 11.1 Å². The molecule has 3 aliphatic rings. The SMILES string of the molecule is O=C(O)CC(C(=O)N1CCCC(Cc2ccc(Cl)cc2)(NC(=O)OCC2c3ccccc3-c3ccccc32)C1)[C@@H]1CCc2ccccc21. The maximum absolute atomic E-state index is 14.3. The van der Waals surface area contributed by atoms with Gasteiger partial charge in [-0.2, -0.15) is 0 Å². The molecule has 0 aromatic heterocycles. The fraction of sp³-hybridized carbons (Fsp3) is 0.325. The van der Waals surface area contributed by atoms with Crippen LogP contribution < -0.4 is 5.32 Å². The summed E-state index contributed by atoms with van der Waals surface area (Å²) >= 11 is 6.20. The Hall–Kier alpha value is -4.62. The minimum Gasteiger partial charge on any atom is -0.481 e. The number of aliphatic carboxylic acids is 1. The van der Waals surface area contributed by atoms with Crippen molar-refractivity contribution < 1.29 is 24.2 Å². The van der Waals surface area contributed by atoms with E-state index in [1.54, 1.807) is 4.90 Å². The topological polar surface area (TPSA) is 95.9 Å². The number of carbonyl (C=O) groups is 3. The first-order valence-corrected chi connectivity index (χ1v) is 17.1. The number of amides is 2. The Morgan fingerprint density at radius 3 is 2.23 bits per heavy atom. The van der Waals surface area contributed by atoms with Gasteiger partial charge in [0.05, 0.1) is 17.9 Å². The molecule has 2 amide bonds. The zero-order chi connectivity index (χ0) is 33.3. The number of carboxylic acids is 1. The van der Waals surface area contributed by atoms with Gasteiger partial charge in [0.25, 0.3) is 0 Å². The van der Waals surface area contributed by atoms with Gasteiger partial charge in [0.2, 0.25) is 5.91 Å². The molecular formula is C40H39ClN2O5. The lowest BCUT2D eigenvalue weighted by Gasteiger charge is -2.44. The normalized spacial score (nSPS) is 20.4. The van der Waals surface area contributed by atoms with Gasteiger partial charge >= 0.3 is 12.1 Å². The van der Waals surface area contributed by atoms with Crippen molar-refractivity contribution >= 4 is 29.6 Å². The third kappa shape index (κ3) is 6.44. The standard InChI is InChI=1S/C40H39ClN2O5/c41-28-17-14-26(15-18-28)23-40(42-39(47)48-24-36-32-12-5-3-10-30(32)31-11-4-6-13-33(31)36)20-7-21-43(25-40)38(46)35(22-37(44)45)34-19-16-27-8-1-2-9-29(27)34/h1-6,8-15,17-18,34-36H,7,16,19-25H2,(H,42,47)(H,44,45)/t34-,35?,40?/m1/s1. The van der Waals surface area contributed by atoms with Gasteiger partial charge in [0.1, 0.15) is 6.61 Å². The van der Waals surface area contributed by atoms with E-state index in [1.807, 2.05) is 66.7 Å². The minimum atomic E-state index is -0.987. The average molecular weight is 663 g/mol. The number of fused-ring (bicyclic) bond motifs is 4. The number of carbonyl (C=O) groups excluding carboxylic acids is 2. The third-order valence-corrected chi connectivity index (χ3v) is 10.7. The predicted octanol–water partition coefficient (Wildman–Crippen LogP) is 7.60. The molecule has 4 aromatic rings. The summed E-state index contributed by atoms with van der Waals surface area (Å²) in [4.78, 5) is 41.9. The van der Waals surface area contributed by atoms with Crippen LogP contribution in [-0.2, 0) is 27.2 Å². The lowest BCUT2D eigenvalue weighted by molar-refractivity contribution is -0.146. The Labute approximate surface area is 285 Å². The summed E-state index contributed by atoms with van der Waals surface area (Å²) in [5.74, 6) is -2.09. The highest BCUT2D eigenvalue weighted by Gasteiger charge is 2.44. The van der Waals surface area contributed by atoms with E-state index in [9.17, 15) is 19.5 Å². The molecule has 1 aliphatic heterocycles. The van der Waals surface area contributed by atoms with Gasteiger partial charge in [-0.05, 0) is 89.1 Å². The number of hydrogen-bond acceptors (Lipinski definition) is 4. The molecule has 48 heavy (non-hydrogen) atoms. The molecule has 4 aromatic carbocycles. The van der Waals surface area contributed by atoms with Crippen LogP contribution in [0.2, 0.25) is 5.02 Å². The Morgan fingerprint density at radius 1 is 0.896 bits per heavy atom. The van der Waals surface area contributed by atoms with Crippen molar-refractivity contribution in [3.8, 4) is 11.1 Å². The number of hydrogen-bond donors (Lipinski definition) is 2. The summed E-state index contributed by atoms with van der Waals surface area (Å²) in [5, 5.41) is 13.7. The van der Waals surface area contributed by atoms with Crippen LogP contribution in [0.5, 0.6) is 0 Å². The number of ether oxygens (including phenoxy) is 1. The zero-order valence-electron chi connectivity index (χ0n) is 26.7. The van der Waals surface area contributed by atoms with E-state index in [1.165, 1.54) is 5.56 Å². The summed E-state index contributed by atoms with van der Waals surface area (Å²) in [6.45, 7) is 0.933. The fourth-order valence-corrected chi connectivity index (χ4v) is 8.41. The van der Waals surface area contributed by atoms with E-state index >= 15 is 0 Å². The second-order valence-electron chi connectivity index (χ2n) is 13.4. The number of nitrogens with zero attached hydrogens (tertiary/aromatic N) is 1. The summed E-state index contributed by atoms with van der Waals surface area (Å²) in [5.41, 5.74) is 6.99. The Kier molecular flexibility index (Phi) is 8.97. The molecule has 7 nitrogen and oxygen atoms in total. The molecule has 2 N–H and O–H groups in total. The molecule has 246 valence electrons. The number of piperidine rings is 1. The molecular weight excluding hydrogens is 624 g/mol. The van der Waals surface area contributed by atoms with Crippen LogP contribution in [0.3, 0.4) is 0 Å². The van der Waals surface area contributed by atoms with Gasteiger partial charge in [-0.3, -0.25) is 9.59 Å². The number of aryl methyl sites for hydroxylation is 1. The van der Waals surface area contributed by atoms with E-state index in [-0.39, 0.29) is 37.3 Å². The van der Waals surface area contributed by atoms with Gasteiger partial charge in [-0.25, -0.2) is 4.79 Å². The van der Waals surface area contributed by atoms with Crippen LogP contribution in [0.4, 0.5) is 4.79 Å². The molecule has 0 radical (unpaired) electrons. The van der Waals surface area contributed by atoms with Gasteiger partial charge in [-0.1, -0.05) is 96.5 Å². The van der Waals surface area contributed by atoms with Crippen molar-refractivity contribution in [3.05, 3.63) is 130 Å². The summed E-state index contributed by atoms with van der Waals surface area (Å²) in [6, 6.07) is 32.0. The van der Waals surface area contributed by atoms with Gasteiger partial charge in [0, 0.05) is 24.0 Å². The molecule has 2 unspecified atom stereocenters. The van der Waals surface area contributed by atoms with Crippen molar-refractivity contribution in [2.75, 3.05) is 19.7 Å². The van der Waals surface area contributed by atoms with Crippen molar-refractivity contribution in [3.63, 3.8) is 0 Å². The molecule has 0 bridgehead atoms. The van der Waals surface area contributed by atoms with Crippen LogP contribution in [0.15, 0.2) is 97.1 Å². The number of halogens is 1. The first-order valence-electron chi connectivity index (χ1n) is 16.8. The average Bonchev–Trinajstić information content (AvgIpc) is 3.66. The number of likely N-dealkylation sites (tertiary alicyclic amines) is 1. The Bertz CT molecular complexity index is 1800. The second-order valence-corrected chi connectivity index (χ2v) is 13.9. The Morgan fingerprint density at radius 2 is 1.54 bits per heavy atom. The van der Waals surface area contributed by atoms with Crippen LogP contribution in [0.1, 0.15) is 65.3 Å². The molecule has 0 spiro atoms. The zero-order valence-corrected chi connectivity index (χ0v) is 27.5. The lowest BCUT2D eigenvalue weighted by atomic mass is 9.80. The van der Waals surface area contributed by atoms with E-state index in [2.05, 4.69) is 35.6 Å². The molecule has 2 aliphatic carbocycles. The second kappa shape index (κ2) is 13.5. The maximum atomic E-state index is 14.3. The Balaban J connectivity index is 1.12. The molecule has 1 saturated heterocycles. The van der Waals surface area contributed by atoms with Crippen LogP contribution >= 0.6 is 11.6 Å². The molecule has 7 rings (SSSR count). The van der Waals surface area contributed by atoms with E-state index in [4.69, 9.17) is 16.3 Å². The molecule has 3 atom stereocenters. The maximum Gasteiger partial charge on any atom is 0.407 e. The van der Waals surface area contributed by atoms with Crippen molar-refractivity contribution in [1.29, 1.82) is 0 Å². The van der Waals surface area contributed by atoms with Gasteiger partial charge in [-0.15, -0.1) is 0 Å². The largest absolute Gasteiger partial charge is 0.481 e. The van der Waals surface area contributed by atoms with E-state index in [0.717, 1.165) is 46.2 Å². The van der Waals surface area contributed by atoms with Crippen molar-refractivity contribution in [2.45, 2.75) is 55.9 Å². The quantitative estimate of drug-likeness (QED) is 0.192. The molecule has 1 fully saturated rings. The molecule has 0 saturated carbocycles. The monoisotopic (exact) mass is 662 g/mol. The summed E-state index contributed by atoms with van der Waals surface area (Å²) in [6.07, 6.45) is 2.56. The lowest BCUT2D eigenvalue weighted by Crippen LogP contribution is -2.61. The van der Waals surface area contributed by atoms with E-state index in [0.29, 0.717) is 30.8 Å². The summed E-state index contributed by atoms with van der Waals surface area (Å²) in [7, 11) is 0. The van der Waals surface area contributed by atoms with Gasteiger partial charge in [0.15, 0.2) is 0 Å². The fourth-order valence-electron chi connectivity index (χ4n) is 8.29. The van der Waals surface area contributed by atoms with Crippen molar-refractivity contribution in [2.24, 2.45) is 5.92 Å². The number of nitrogens with one attached hydrogen (secondary N) is 1. The predicted molar refractivity (Wildman–Crippen MR) is 185 cm³/mol. The number of benzene rings is 4. The van der Waals surface area contributed by atoms with E-state index < -0.39 is 23.5 Å². The first-order chi connectivity index (χ1) is 23.3. The third-order valence-electron chi connectivity index (χ3n) is 10.4. The molecule has 8 heteroatoms. The number of rotatable bonds is 9. The highest BCUT2D eigenvalue weighted by Crippen LogP contribution is 2.45. The number of alkyl carbamates (subject to hydrolysis) is 1. The first kappa shape index (κ1) is 32.0. The molecule has 1 heterocycles. The summed E-state index contributed by atoms with van der Waals surface area (Å²) < 4.78 is 5.99. The van der Waals surface area contributed by atoms with Crippen LogP contribution in [-0.4, -0.2) is 53.2 Å². The van der Waals surface area contributed by atoms with Crippen LogP contribution in [0, 0.1) is 5.92 Å².